The third kappa shape index (κ3) is 3.59. The molecule has 0 unspecified atom stereocenters. The van der Waals surface area contributed by atoms with Crippen LogP contribution in [-0.2, 0) is 19.0 Å². The number of nitrogens with zero attached hydrogens (tertiary/aromatic N) is 1. The summed E-state index contributed by atoms with van der Waals surface area (Å²) in [5.74, 6) is 0. The van der Waals surface area contributed by atoms with Crippen LogP contribution >= 0.6 is 0 Å². The first-order valence-electron chi connectivity index (χ1n) is 6.18. The van der Waals surface area contributed by atoms with Crippen LogP contribution in [0.25, 0.3) is 0 Å². The van der Waals surface area contributed by atoms with Crippen LogP contribution in [0.2, 0.25) is 0 Å². The summed E-state index contributed by atoms with van der Waals surface area (Å²) in [7, 11) is -3.72. The molecule has 0 saturated carbocycles. The summed E-state index contributed by atoms with van der Waals surface area (Å²) >= 11 is 0. The largest absolute Gasteiger partial charge is 0.394 e. The molecule has 9 nitrogen and oxygen atoms in total. The van der Waals surface area contributed by atoms with Crippen LogP contribution in [0.1, 0.15) is 18.2 Å². The van der Waals surface area contributed by atoms with Crippen molar-refractivity contribution in [3.8, 4) is 0 Å². The Labute approximate surface area is 120 Å². The lowest BCUT2D eigenvalue weighted by Crippen LogP contribution is -2.33. The zero-order valence-corrected chi connectivity index (χ0v) is 12.3. The van der Waals surface area contributed by atoms with Crippen molar-refractivity contribution in [2.75, 3.05) is 12.9 Å². The van der Waals surface area contributed by atoms with Crippen LogP contribution in [0.3, 0.4) is 0 Å². The van der Waals surface area contributed by atoms with Gasteiger partial charge in [-0.2, -0.15) is 8.42 Å². The molecule has 0 spiro atoms. The molecule has 0 radical (unpaired) electrons. The molecular weight excluding hydrogens is 304 g/mol. The highest BCUT2D eigenvalue weighted by Crippen LogP contribution is 2.30. The van der Waals surface area contributed by atoms with E-state index in [1.807, 2.05) is 0 Å². The van der Waals surface area contributed by atoms with Crippen LogP contribution < -0.4 is 11.2 Å². The standard InChI is InChI=1S/C11H16N2O7S/c1-6-4-13(11(16)12-10(6)15)9-3-7(8(5-14)19-9)20-21(2,17)18/h4,7-9,14H,3,5H2,1-2H3,(H,12,15,16)/t7-,8-,9-/m0/s1. The highest BCUT2D eigenvalue weighted by atomic mass is 32.2. The molecule has 0 aromatic carbocycles. The molecule has 1 aliphatic rings. The number of H-pyrrole nitrogens is 1. The number of ether oxygens (including phenoxy) is 1. The van der Waals surface area contributed by atoms with Gasteiger partial charge in [-0.05, 0) is 6.92 Å². The van der Waals surface area contributed by atoms with E-state index in [4.69, 9.17) is 8.92 Å². The van der Waals surface area contributed by atoms with Crippen LogP contribution in [0.15, 0.2) is 15.8 Å². The van der Waals surface area contributed by atoms with Crippen molar-refractivity contribution >= 4 is 10.1 Å². The van der Waals surface area contributed by atoms with E-state index in [0.29, 0.717) is 5.56 Å². The summed E-state index contributed by atoms with van der Waals surface area (Å²) in [6.07, 6.45) is -0.312. The molecule has 118 valence electrons. The number of aliphatic hydroxyl groups is 1. The second-order valence-corrected chi connectivity index (χ2v) is 6.47. The van der Waals surface area contributed by atoms with Crippen molar-refractivity contribution in [1.82, 2.24) is 9.55 Å². The molecule has 0 amide bonds. The number of rotatable bonds is 4. The molecule has 1 aliphatic heterocycles. The SMILES string of the molecule is Cc1cn([C@@H]2C[C@H](OS(C)(=O)=O)[C@H](CO)O2)c(=O)[nH]c1=O. The molecule has 1 fully saturated rings. The number of hydrogen-bond acceptors (Lipinski definition) is 7. The molecule has 1 aromatic rings. The van der Waals surface area contributed by atoms with Gasteiger partial charge < -0.3 is 9.84 Å². The summed E-state index contributed by atoms with van der Waals surface area (Å²) in [4.78, 5) is 25.2. The van der Waals surface area contributed by atoms with E-state index >= 15 is 0 Å². The molecule has 1 saturated heterocycles. The average Bonchev–Trinajstić information content (AvgIpc) is 2.74. The molecule has 2 rings (SSSR count). The van der Waals surface area contributed by atoms with Crippen molar-refractivity contribution in [3.63, 3.8) is 0 Å². The maximum atomic E-state index is 11.8. The van der Waals surface area contributed by atoms with Crippen LogP contribution in [0.5, 0.6) is 0 Å². The smallest absolute Gasteiger partial charge is 0.330 e. The zero-order chi connectivity index (χ0) is 15.8. The Hall–Kier alpha value is -1.49. The predicted octanol–water partition coefficient (Wildman–Crippen LogP) is -1.53. The first-order valence-corrected chi connectivity index (χ1v) is 7.99. The first kappa shape index (κ1) is 15.9. The van der Waals surface area contributed by atoms with Crippen LogP contribution in [0, 0.1) is 6.92 Å². The number of aromatic amines is 1. The van der Waals surface area contributed by atoms with E-state index in [1.54, 1.807) is 0 Å². The van der Waals surface area contributed by atoms with E-state index < -0.39 is 46.4 Å². The lowest BCUT2D eigenvalue weighted by Gasteiger charge is -2.15. The van der Waals surface area contributed by atoms with Crippen LogP contribution in [0.4, 0.5) is 0 Å². The van der Waals surface area contributed by atoms with Crippen molar-refractivity contribution in [2.24, 2.45) is 0 Å². The molecule has 0 bridgehead atoms. The van der Waals surface area contributed by atoms with E-state index in [0.717, 1.165) is 10.8 Å². The molecule has 2 heterocycles. The minimum atomic E-state index is -3.72. The normalized spacial score (nSPS) is 26.1. The van der Waals surface area contributed by atoms with Crippen molar-refractivity contribution in [2.45, 2.75) is 31.8 Å². The quantitative estimate of drug-likeness (QED) is 0.644. The molecule has 3 atom stereocenters. The van der Waals surface area contributed by atoms with E-state index in [2.05, 4.69) is 4.98 Å². The minimum absolute atomic E-state index is 0.0592. The van der Waals surface area contributed by atoms with Gasteiger partial charge in [0.15, 0.2) is 0 Å². The third-order valence-corrected chi connectivity index (χ3v) is 3.71. The van der Waals surface area contributed by atoms with Gasteiger partial charge in [0.05, 0.1) is 12.9 Å². The summed E-state index contributed by atoms with van der Waals surface area (Å²) in [6, 6.07) is 0. The van der Waals surface area contributed by atoms with Gasteiger partial charge in [0.25, 0.3) is 15.7 Å². The van der Waals surface area contributed by atoms with Crippen molar-refractivity contribution < 1.29 is 22.4 Å². The Kier molecular flexibility index (Phi) is 4.33. The van der Waals surface area contributed by atoms with Gasteiger partial charge >= 0.3 is 5.69 Å². The first-order chi connectivity index (χ1) is 9.71. The fourth-order valence-corrected chi connectivity index (χ4v) is 2.81. The number of nitrogens with one attached hydrogen (secondary N) is 1. The fraction of sp³-hybridized carbons (Fsp3) is 0.636. The van der Waals surface area contributed by atoms with Gasteiger partial charge in [-0.1, -0.05) is 0 Å². The Bertz CT molecular complexity index is 736. The summed E-state index contributed by atoms with van der Waals surface area (Å²) in [5, 5.41) is 9.22. The van der Waals surface area contributed by atoms with Gasteiger partial charge in [0.2, 0.25) is 0 Å². The molecular formula is C11H16N2O7S. The van der Waals surface area contributed by atoms with Gasteiger partial charge in [0, 0.05) is 18.2 Å². The minimum Gasteiger partial charge on any atom is -0.394 e. The second-order valence-electron chi connectivity index (χ2n) is 4.86. The molecule has 0 aliphatic carbocycles. The molecule has 21 heavy (non-hydrogen) atoms. The number of hydrogen-bond donors (Lipinski definition) is 2. The van der Waals surface area contributed by atoms with Gasteiger partial charge in [-0.25, -0.2) is 4.79 Å². The topological polar surface area (TPSA) is 128 Å². The van der Waals surface area contributed by atoms with E-state index in [9.17, 15) is 23.1 Å². The number of aliphatic hydroxyl groups excluding tert-OH is 1. The average molecular weight is 320 g/mol. The van der Waals surface area contributed by atoms with Crippen molar-refractivity contribution in [3.05, 3.63) is 32.6 Å². The second kappa shape index (κ2) is 5.72. The monoisotopic (exact) mass is 320 g/mol. The Morgan fingerprint density at radius 1 is 1.52 bits per heavy atom. The van der Waals surface area contributed by atoms with Crippen molar-refractivity contribution in [1.29, 1.82) is 0 Å². The van der Waals surface area contributed by atoms with Gasteiger partial charge in [-0.3, -0.25) is 18.5 Å². The van der Waals surface area contributed by atoms with E-state index in [-0.39, 0.29) is 6.42 Å². The number of aromatic nitrogens is 2. The molecule has 1 aromatic heterocycles. The van der Waals surface area contributed by atoms with Gasteiger partial charge in [-0.15, -0.1) is 0 Å². The maximum Gasteiger partial charge on any atom is 0.330 e. The van der Waals surface area contributed by atoms with Gasteiger partial charge in [0.1, 0.15) is 18.4 Å². The Morgan fingerprint density at radius 2 is 2.19 bits per heavy atom. The number of aryl methyl sites for hydroxylation is 1. The maximum absolute atomic E-state index is 11.8. The zero-order valence-electron chi connectivity index (χ0n) is 11.5. The predicted molar refractivity (Wildman–Crippen MR) is 71.4 cm³/mol. The third-order valence-electron chi connectivity index (χ3n) is 3.11. The lowest BCUT2D eigenvalue weighted by atomic mass is 10.2. The summed E-state index contributed by atoms with van der Waals surface area (Å²) in [6.45, 7) is 1.07. The summed E-state index contributed by atoms with van der Waals surface area (Å²) in [5.41, 5.74) is -0.865. The summed E-state index contributed by atoms with van der Waals surface area (Å²) < 4.78 is 33.8. The van der Waals surface area contributed by atoms with Crippen LogP contribution in [-0.4, -0.2) is 48.1 Å². The fourth-order valence-electron chi connectivity index (χ4n) is 2.16. The van der Waals surface area contributed by atoms with E-state index in [1.165, 1.54) is 13.1 Å². The molecule has 10 heteroatoms. The molecule has 2 N–H and O–H groups in total. The Balaban J connectivity index is 2.29. The Morgan fingerprint density at radius 3 is 2.76 bits per heavy atom. The highest BCUT2D eigenvalue weighted by molar-refractivity contribution is 7.86. The lowest BCUT2D eigenvalue weighted by molar-refractivity contribution is -0.0413. The highest BCUT2D eigenvalue weighted by Gasteiger charge is 2.39.